The van der Waals surface area contributed by atoms with Crippen molar-refractivity contribution in [3.05, 3.63) is 18.5 Å². The van der Waals surface area contributed by atoms with E-state index >= 15 is 0 Å². The van der Waals surface area contributed by atoms with E-state index in [0.29, 0.717) is 18.7 Å². The third-order valence-corrected chi connectivity index (χ3v) is 3.65. The molecule has 2 aromatic heterocycles. The van der Waals surface area contributed by atoms with Crippen LogP contribution in [0.2, 0.25) is 0 Å². The van der Waals surface area contributed by atoms with Crippen molar-refractivity contribution in [2.24, 2.45) is 0 Å². The molecule has 2 heterocycles. The molecule has 0 spiro atoms. The lowest BCUT2D eigenvalue weighted by Crippen LogP contribution is -2.30. The highest BCUT2D eigenvalue weighted by atomic mass is 16.3. The third-order valence-electron chi connectivity index (χ3n) is 3.65. The number of aromatic amines is 1. The van der Waals surface area contributed by atoms with Crippen molar-refractivity contribution in [1.82, 2.24) is 15.2 Å². The molecule has 6 heteroatoms. The van der Waals surface area contributed by atoms with Crippen molar-refractivity contribution in [3.8, 4) is 0 Å². The maximum Gasteiger partial charge on any atom is 0.228 e. The Labute approximate surface area is 110 Å². The normalized spacial score (nSPS) is 17.7. The number of aromatic nitrogens is 3. The number of nitrogens with one attached hydrogen (secondary N) is 2. The number of nitrogens with zero attached hydrogens (tertiary/aromatic N) is 2. The highest BCUT2D eigenvalue weighted by Gasteiger charge is 2.33. The van der Waals surface area contributed by atoms with Crippen LogP contribution in [0.1, 0.15) is 32.1 Å². The first-order valence-electron chi connectivity index (χ1n) is 6.47. The highest BCUT2D eigenvalue weighted by Crippen LogP contribution is 2.32. The van der Waals surface area contributed by atoms with Gasteiger partial charge in [-0.25, -0.2) is 0 Å². The summed E-state index contributed by atoms with van der Waals surface area (Å²) in [6.07, 6.45) is 6.80. The molecule has 2 aromatic rings. The van der Waals surface area contributed by atoms with Gasteiger partial charge in [0.15, 0.2) is 5.82 Å². The molecule has 100 valence electrons. The van der Waals surface area contributed by atoms with Gasteiger partial charge in [-0.2, -0.15) is 5.10 Å². The summed E-state index contributed by atoms with van der Waals surface area (Å²) in [5.74, 6) is 0.261. The van der Waals surface area contributed by atoms with Crippen LogP contribution < -0.4 is 5.32 Å². The molecule has 1 fully saturated rings. The molecule has 0 aliphatic heterocycles. The molecule has 6 nitrogen and oxygen atoms in total. The second-order valence-electron chi connectivity index (χ2n) is 5.15. The van der Waals surface area contributed by atoms with E-state index in [-0.39, 0.29) is 12.3 Å². The number of amides is 1. The minimum absolute atomic E-state index is 0.127. The minimum atomic E-state index is -0.839. The largest absolute Gasteiger partial charge is 0.389 e. The molecule has 1 amide bonds. The fourth-order valence-corrected chi connectivity index (χ4v) is 2.64. The number of pyridine rings is 1. The Morgan fingerprint density at radius 3 is 3.05 bits per heavy atom. The molecule has 0 radical (unpaired) electrons. The van der Waals surface area contributed by atoms with Crippen molar-refractivity contribution in [3.63, 3.8) is 0 Å². The zero-order valence-electron chi connectivity index (χ0n) is 10.5. The van der Waals surface area contributed by atoms with Crippen LogP contribution in [-0.4, -0.2) is 31.8 Å². The van der Waals surface area contributed by atoms with E-state index in [9.17, 15) is 9.90 Å². The molecule has 0 aromatic carbocycles. The zero-order valence-corrected chi connectivity index (χ0v) is 10.5. The van der Waals surface area contributed by atoms with Crippen LogP contribution >= 0.6 is 0 Å². The van der Waals surface area contributed by atoms with Gasteiger partial charge in [0.05, 0.1) is 22.9 Å². The van der Waals surface area contributed by atoms with Gasteiger partial charge in [0.2, 0.25) is 5.91 Å². The fraction of sp³-hybridized carbons (Fsp3) is 0.462. The molecule has 1 aliphatic carbocycles. The number of hydrogen-bond donors (Lipinski definition) is 3. The van der Waals surface area contributed by atoms with Gasteiger partial charge >= 0.3 is 0 Å². The van der Waals surface area contributed by atoms with E-state index in [1.54, 1.807) is 18.5 Å². The standard InChI is InChI=1S/C13H16N4O2/c18-11(7-13(19)4-1-2-5-13)15-12-9-8-14-6-3-10(9)16-17-12/h3,6,8,19H,1-2,4-5,7H2,(H2,15,16,17,18). The molecule has 1 saturated carbocycles. The summed E-state index contributed by atoms with van der Waals surface area (Å²) in [5, 5.41) is 20.6. The maximum absolute atomic E-state index is 12.0. The van der Waals surface area contributed by atoms with Gasteiger partial charge in [0.1, 0.15) is 0 Å². The smallest absolute Gasteiger partial charge is 0.228 e. The summed E-state index contributed by atoms with van der Waals surface area (Å²) in [4.78, 5) is 16.0. The second kappa shape index (κ2) is 4.62. The molecule has 0 bridgehead atoms. The first-order valence-corrected chi connectivity index (χ1v) is 6.47. The van der Waals surface area contributed by atoms with E-state index in [4.69, 9.17) is 0 Å². The van der Waals surface area contributed by atoms with Crippen LogP contribution in [-0.2, 0) is 4.79 Å². The minimum Gasteiger partial charge on any atom is -0.389 e. The number of fused-ring (bicyclic) bond motifs is 1. The summed E-state index contributed by atoms with van der Waals surface area (Å²) in [6, 6.07) is 1.79. The number of rotatable bonds is 3. The summed E-state index contributed by atoms with van der Waals surface area (Å²) in [7, 11) is 0. The van der Waals surface area contributed by atoms with E-state index in [2.05, 4.69) is 20.5 Å². The molecule has 3 rings (SSSR count). The SMILES string of the molecule is O=C(CC1(O)CCCC1)Nc1n[nH]c2ccncc12. The number of carbonyl (C=O) groups excluding carboxylic acids is 1. The molecule has 1 aliphatic rings. The van der Waals surface area contributed by atoms with Crippen LogP contribution in [0.5, 0.6) is 0 Å². The first-order chi connectivity index (χ1) is 9.16. The average molecular weight is 260 g/mol. The average Bonchev–Trinajstić information content (AvgIpc) is 2.97. The van der Waals surface area contributed by atoms with Gasteiger partial charge in [-0.1, -0.05) is 12.8 Å². The molecular weight excluding hydrogens is 244 g/mol. The summed E-state index contributed by atoms with van der Waals surface area (Å²) < 4.78 is 0. The van der Waals surface area contributed by atoms with Gasteiger partial charge < -0.3 is 10.4 Å². The van der Waals surface area contributed by atoms with E-state index < -0.39 is 5.60 Å². The Balaban J connectivity index is 1.72. The van der Waals surface area contributed by atoms with Crippen molar-refractivity contribution >= 4 is 22.6 Å². The third kappa shape index (κ3) is 2.44. The number of aliphatic hydroxyl groups is 1. The zero-order chi connectivity index (χ0) is 13.3. The van der Waals surface area contributed by atoms with Gasteiger partial charge in [-0.15, -0.1) is 0 Å². The molecule has 19 heavy (non-hydrogen) atoms. The predicted molar refractivity (Wildman–Crippen MR) is 70.6 cm³/mol. The van der Waals surface area contributed by atoms with Gasteiger partial charge in [0, 0.05) is 12.4 Å². The first kappa shape index (κ1) is 12.1. The Kier molecular flexibility index (Phi) is 2.94. The Morgan fingerprint density at radius 1 is 1.47 bits per heavy atom. The monoisotopic (exact) mass is 260 g/mol. The Hall–Kier alpha value is -1.95. The summed E-state index contributed by atoms with van der Waals surface area (Å²) in [5.41, 5.74) is -0.0149. The number of carbonyl (C=O) groups is 1. The lowest BCUT2D eigenvalue weighted by atomic mass is 9.98. The fourth-order valence-electron chi connectivity index (χ4n) is 2.64. The van der Waals surface area contributed by atoms with Gasteiger partial charge in [0.25, 0.3) is 0 Å². The summed E-state index contributed by atoms with van der Waals surface area (Å²) in [6.45, 7) is 0. The molecule has 3 N–H and O–H groups in total. The number of H-pyrrole nitrogens is 1. The second-order valence-corrected chi connectivity index (χ2v) is 5.15. The molecule has 0 saturated heterocycles. The quantitative estimate of drug-likeness (QED) is 0.781. The van der Waals surface area contributed by atoms with Crippen molar-refractivity contribution in [1.29, 1.82) is 0 Å². The number of hydrogen-bond acceptors (Lipinski definition) is 4. The Bertz CT molecular complexity index is 601. The maximum atomic E-state index is 12.0. The van der Waals surface area contributed by atoms with Gasteiger partial charge in [-0.05, 0) is 18.9 Å². The van der Waals surface area contributed by atoms with Crippen LogP contribution in [0.4, 0.5) is 5.82 Å². The van der Waals surface area contributed by atoms with E-state index in [1.165, 1.54) is 0 Å². The number of anilines is 1. The van der Waals surface area contributed by atoms with Crippen molar-refractivity contribution in [2.75, 3.05) is 5.32 Å². The highest BCUT2D eigenvalue weighted by molar-refractivity contribution is 5.99. The van der Waals surface area contributed by atoms with E-state index in [0.717, 1.165) is 23.7 Å². The molecular formula is C13H16N4O2. The Morgan fingerprint density at radius 2 is 2.26 bits per heavy atom. The lowest BCUT2D eigenvalue weighted by Gasteiger charge is -2.20. The van der Waals surface area contributed by atoms with Crippen LogP contribution in [0.25, 0.3) is 10.9 Å². The van der Waals surface area contributed by atoms with E-state index in [1.807, 2.05) is 0 Å². The molecule has 0 unspecified atom stereocenters. The van der Waals surface area contributed by atoms with Gasteiger partial charge in [-0.3, -0.25) is 14.9 Å². The summed E-state index contributed by atoms with van der Waals surface area (Å²) >= 11 is 0. The van der Waals surface area contributed by atoms with Crippen molar-refractivity contribution in [2.45, 2.75) is 37.7 Å². The van der Waals surface area contributed by atoms with Crippen LogP contribution in [0.3, 0.4) is 0 Å². The van der Waals surface area contributed by atoms with Crippen molar-refractivity contribution < 1.29 is 9.90 Å². The molecule has 0 atom stereocenters. The lowest BCUT2D eigenvalue weighted by molar-refractivity contribution is -0.120. The topological polar surface area (TPSA) is 90.9 Å². The predicted octanol–water partition coefficient (Wildman–Crippen LogP) is 1.59. The van der Waals surface area contributed by atoms with Crippen LogP contribution in [0.15, 0.2) is 18.5 Å². The van der Waals surface area contributed by atoms with Crippen LogP contribution in [0, 0.1) is 0 Å².